The third-order valence-electron chi connectivity index (χ3n) is 8.12. The lowest BCUT2D eigenvalue weighted by Gasteiger charge is -2.38. The van der Waals surface area contributed by atoms with Crippen LogP contribution in [0.4, 0.5) is 5.69 Å². The van der Waals surface area contributed by atoms with Crippen molar-refractivity contribution in [3.63, 3.8) is 0 Å². The summed E-state index contributed by atoms with van der Waals surface area (Å²) in [5.41, 5.74) is 9.82. The Morgan fingerprint density at radius 1 is 1.05 bits per heavy atom. The van der Waals surface area contributed by atoms with Gasteiger partial charge in [-0.2, -0.15) is 5.26 Å². The predicted molar refractivity (Wildman–Crippen MR) is 152 cm³/mol. The highest BCUT2D eigenvalue weighted by Gasteiger charge is 2.41. The zero-order chi connectivity index (χ0) is 26.1. The number of fused-ring (bicyclic) bond motifs is 4. The van der Waals surface area contributed by atoms with Crippen LogP contribution in [-0.2, 0) is 5.41 Å². The highest BCUT2D eigenvalue weighted by atomic mass is 28.3. The molecule has 1 saturated heterocycles. The van der Waals surface area contributed by atoms with E-state index in [0.29, 0.717) is 11.1 Å². The van der Waals surface area contributed by atoms with Gasteiger partial charge in [0.1, 0.15) is 14.1 Å². The number of hydrogen-bond acceptors (Lipinski definition) is 4. The van der Waals surface area contributed by atoms with Crippen molar-refractivity contribution in [1.82, 2.24) is 9.88 Å². The molecule has 0 amide bonds. The molecule has 2 fully saturated rings. The van der Waals surface area contributed by atoms with Crippen molar-refractivity contribution >= 4 is 30.4 Å². The fourth-order valence-corrected chi connectivity index (χ4v) is 6.44. The van der Waals surface area contributed by atoms with Crippen LogP contribution in [0.25, 0.3) is 10.9 Å². The van der Waals surface area contributed by atoms with Gasteiger partial charge in [-0.15, -0.1) is 5.54 Å². The maximum absolute atomic E-state index is 13.9. The van der Waals surface area contributed by atoms with Crippen molar-refractivity contribution in [3.05, 3.63) is 63.8 Å². The highest BCUT2D eigenvalue weighted by Crippen LogP contribution is 2.45. The van der Waals surface area contributed by atoms with Gasteiger partial charge in [0, 0.05) is 65.4 Å². The lowest BCUT2D eigenvalue weighted by atomic mass is 9.70. The summed E-state index contributed by atoms with van der Waals surface area (Å²) in [6.45, 7) is 15.0. The molecule has 2 aromatic carbocycles. The van der Waals surface area contributed by atoms with Crippen LogP contribution in [0.1, 0.15) is 65.0 Å². The SMILES string of the molecule is CC1(C)c2cc(N3CCN(C4CC4)CC3)c(C#N)cc2C(=O)c2c1[nH]c1cc(C#C[Si](C)(C)C)ccc21. The molecule has 3 aliphatic rings. The first-order valence-electron chi connectivity index (χ1n) is 13.4. The van der Waals surface area contributed by atoms with Gasteiger partial charge < -0.3 is 9.88 Å². The normalized spacial score (nSPS) is 19.1. The summed E-state index contributed by atoms with van der Waals surface area (Å²) in [4.78, 5) is 22.4. The third kappa shape index (κ3) is 4.09. The Kier molecular flexibility index (Phi) is 5.42. The molecular weight excluding hydrogens is 472 g/mol. The average Bonchev–Trinajstić information content (AvgIpc) is 3.65. The van der Waals surface area contributed by atoms with Gasteiger partial charge >= 0.3 is 0 Å². The summed E-state index contributed by atoms with van der Waals surface area (Å²) in [5.74, 6) is 3.34. The first kappa shape index (κ1) is 24.0. The largest absolute Gasteiger partial charge is 0.368 e. The topological polar surface area (TPSA) is 63.1 Å². The number of aromatic amines is 1. The van der Waals surface area contributed by atoms with Gasteiger partial charge in [-0.05, 0) is 42.7 Å². The predicted octanol–water partition coefficient (Wildman–Crippen LogP) is 5.42. The summed E-state index contributed by atoms with van der Waals surface area (Å²) in [7, 11) is -1.49. The summed E-state index contributed by atoms with van der Waals surface area (Å²) in [6.07, 6.45) is 2.63. The Morgan fingerprint density at radius 3 is 2.43 bits per heavy atom. The summed E-state index contributed by atoms with van der Waals surface area (Å²) < 4.78 is 0. The molecule has 6 heteroatoms. The van der Waals surface area contributed by atoms with E-state index in [0.717, 1.165) is 71.2 Å². The fraction of sp³-hybridized carbons (Fsp3) is 0.419. The van der Waals surface area contributed by atoms with Crippen LogP contribution >= 0.6 is 0 Å². The van der Waals surface area contributed by atoms with E-state index in [2.05, 4.69) is 77.9 Å². The van der Waals surface area contributed by atoms with Gasteiger partial charge in [-0.25, -0.2) is 0 Å². The second-order valence-corrected chi connectivity index (χ2v) is 17.1. The van der Waals surface area contributed by atoms with E-state index in [1.807, 2.05) is 18.2 Å². The van der Waals surface area contributed by atoms with E-state index in [1.165, 1.54) is 12.8 Å². The van der Waals surface area contributed by atoms with E-state index in [1.54, 1.807) is 0 Å². The smallest absolute Gasteiger partial charge is 0.195 e. The molecule has 1 saturated carbocycles. The van der Waals surface area contributed by atoms with Gasteiger partial charge in [-0.3, -0.25) is 9.69 Å². The highest BCUT2D eigenvalue weighted by molar-refractivity contribution is 6.83. The fourth-order valence-electron chi connectivity index (χ4n) is 5.92. The van der Waals surface area contributed by atoms with Gasteiger partial charge in [0.2, 0.25) is 0 Å². The quantitative estimate of drug-likeness (QED) is 0.372. The summed E-state index contributed by atoms with van der Waals surface area (Å²) in [6, 6.07) is 13.2. The van der Waals surface area contributed by atoms with Crippen LogP contribution in [-0.4, -0.2) is 56.0 Å². The van der Waals surface area contributed by atoms with Crippen LogP contribution in [0.15, 0.2) is 30.3 Å². The van der Waals surface area contributed by atoms with Gasteiger partial charge in [0.25, 0.3) is 0 Å². The summed E-state index contributed by atoms with van der Waals surface area (Å²) in [5, 5.41) is 11.0. The minimum Gasteiger partial charge on any atom is -0.368 e. The number of nitriles is 1. The second-order valence-electron chi connectivity index (χ2n) is 12.4. The molecule has 0 unspecified atom stereocenters. The van der Waals surface area contributed by atoms with Crippen molar-refractivity contribution in [2.24, 2.45) is 0 Å². The van der Waals surface area contributed by atoms with Gasteiger partial charge in [-0.1, -0.05) is 45.5 Å². The van der Waals surface area contributed by atoms with Crippen LogP contribution in [0, 0.1) is 22.8 Å². The lowest BCUT2D eigenvalue weighted by Crippen LogP contribution is -2.47. The van der Waals surface area contributed by atoms with Crippen molar-refractivity contribution in [3.8, 4) is 17.5 Å². The van der Waals surface area contributed by atoms with Crippen LogP contribution < -0.4 is 4.90 Å². The van der Waals surface area contributed by atoms with Crippen molar-refractivity contribution in [2.75, 3.05) is 31.1 Å². The molecule has 0 bridgehead atoms. The number of piperazine rings is 1. The molecule has 37 heavy (non-hydrogen) atoms. The number of ketones is 1. The number of anilines is 1. The van der Waals surface area contributed by atoms with E-state index in [4.69, 9.17) is 0 Å². The number of aromatic nitrogens is 1. The van der Waals surface area contributed by atoms with Gasteiger partial charge in [0.15, 0.2) is 5.78 Å². The molecular formula is C31H34N4OSi. The van der Waals surface area contributed by atoms with Crippen molar-refractivity contribution in [1.29, 1.82) is 5.26 Å². The molecule has 1 N–H and O–H groups in total. The zero-order valence-electron chi connectivity index (χ0n) is 22.5. The average molecular weight is 507 g/mol. The Hall–Kier alpha value is -3.32. The van der Waals surface area contributed by atoms with Crippen LogP contribution in [0.5, 0.6) is 0 Å². The molecule has 0 spiro atoms. The molecule has 3 aromatic rings. The first-order chi connectivity index (χ1) is 17.6. The maximum atomic E-state index is 13.9. The molecule has 6 rings (SSSR count). The Bertz CT molecular complexity index is 1540. The number of carbonyl (C=O) groups is 1. The van der Waals surface area contributed by atoms with Crippen LogP contribution in [0.2, 0.25) is 19.6 Å². The molecule has 188 valence electrons. The third-order valence-corrected chi connectivity index (χ3v) is 9.00. The van der Waals surface area contributed by atoms with E-state index in [-0.39, 0.29) is 5.78 Å². The first-order valence-corrected chi connectivity index (χ1v) is 16.9. The minimum absolute atomic E-state index is 0.00175. The number of hydrogen-bond donors (Lipinski definition) is 1. The Morgan fingerprint density at radius 2 is 1.78 bits per heavy atom. The van der Waals surface area contributed by atoms with Gasteiger partial charge in [0.05, 0.1) is 16.8 Å². The number of carbonyl (C=O) groups excluding carboxylic acids is 1. The molecule has 1 aromatic heterocycles. The molecule has 0 radical (unpaired) electrons. The van der Waals surface area contributed by atoms with E-state index < -0.39 is 13.5 Å². The van der Waals surface area contributed by atoms with Crippen molar-refractivity contribution < 1.29 is 4.79 Å². The Labute approximate surface area is 220 Å². The summed E-state index contributed by atoms with van der Waals surface area (Å²) >= 11 is 0. The standard InChI is InChI=1S/C31H34N4OSi/c1-31(2)25-18-27(35-13-11-34(12-14-35)22-7-8-22)21(19-32)17-24(25)29(36)28-23-9-6-20(10-15-37(3,4)5)16-26(23)33-30(28)31/h6,9,16-18,22,33H,7-8,11-14H2,1-5H3. The molecule has 2 aliphatic carbocycles. The Balaban J connectivity index is 1.42. The lowest BCUT2D eigenvalue weighted by molar-refractivity contribution is 0.103. The molecule has 2 heterocycles. The monoisotopic (exact) mass is 506 g/mol. The number of nitrogens with zero attached hydrogens (tertiary/aromatic N) is 3. The number of rotatable bonds is 2. The maximum Gasteiger partial charge on any atom is 0.195 e. The second kappa shape index (κ2) is 8.35. The number of benzene rings is 2. The van der Waals surface area contributed by atoms with E-state index >= 15 is 0 Å². The zero-order valence-corrected chi connectivity index (χ0v) is 23.5. The number of H-pyrrole nitrogens is 1. The van der Waals surface area contributed by atoms with E-state index in [9.17, 15) is 10.1 Å². The molecule has 1 aliphatic heterocycles. The number of nitrogens with one attached hydrogen (secondary N) is 1. The molecule has 0 atom stereocenters. The molecule has 5 nitrogen and oxygen atoms in total. The minimum atomic E-state index is -1.49. The van der Waals surface area contributed by atoms with Crippen LogP contribution in [0.3, 0.4) is 0 Å². The van der Waals surface area contributed by atoms with Crippen molar-refractivity contribution in [2.45, 2.75) is 57.8 Å².